The van der Waals surface area contributed by atoms with E-state index in [-0.39, 0.29) is 12.6 Å². The van der Waals surface area contributed by atoms with Gasteiger partial charge < -0.3 is 15.7 Å². The maximum absolute atomic E-state index is 8.94. The summed E-state index contributed by atoms with van der Waals surface area (Å²) in [5.41, 5.74) is 11.2. The van der Waals surface area contributed by atoms with Crippen LogP contribution in [0.4, 0.5) is 0 Å². The quantitative estimate of drug-likeness (QED) is 0.802. The first-order chi connectivity index (χ1) is 8.43. The number of nitrogens with zero attached hydrogens (tertiary/aromatic N) is 1. The molecule has 18 heavy (non-hydrogen) atoms. The van der Waals surface area contributed by atoms with Crippen LogP contribution in [-0.2, 0) is 6.42 Å². The molecule has 1 unspecified atom stereocenters. The molecule has 0 aliphatic carbocycles. The molecule has 0 saturated carbocycles. The molecule has 0 amide bonds. The minimum atomic E-state index is -0.143. The molecule has 0 fully saturated rings. The molecule has 0 bridgehead atoms. The van der Waals surface area contributed by atoms with Crippen molar-refractivity contribution >= 4 is 0 Å². The minimum Gasteiger partial charge on any atom is -0.395 e. The van der Waals surface area contributed by atoms with Gasteiger partial charge in [0.2, 0.25) is 0 Å². The van der Waals surface area contributed by atoms with E-state index in [0.717, 1.165) is 19.5 Å². The molecule has 1 rings (SSSR count). The fourth-order valence-corrected chi connectivity index (χ4v) is 2.46. The predicted molar refractivity (Wildman–Crippen MR) is 76.9 cm³/mol. The third-order valence-corrected chi connectivity index (χ3v) is 3.36. The molecule has 3 nitrogen and oxygen atoms in total. The molecule has 1 aromatic rings. The van der Waals surface area contributed by atoms with Gasteiger partial charge in [0, 0.05) is 19.1 Å². The minimum absolute atomic E-state index is 0.0485. The molecular weight excluding hydrogens is 224 g/mol. The standard InChI is InChI=1S/C15H26N2O/c1-11-7-12(2)15(13(3)8-11)5-6-17(4)9-14(16)10-18/h7-8,14,18H,5-6,9-10,16H2,1-4H3. The Hall–Kier alpha value is -0.900. The van der Waals surface area contributed by atoms with E-state index in [1.807, 2.05) is 7.05 Å². The number of hydrogen-bond acceptors (Lipinski definition) is 3. The van der Waals surface area contributed by atoms with Crippen LogP contribution in [0.25, 0.3) is 0 Å². The smallest absolute Gasteiger partial charge is 0.0595 e. The van der Waals surface area contributed by atoms with Crippen LogP contribution < -0.4 is 5.73 Å². The molecule has 0 heterocycles. The van der Waals surface area contributed by atoms with E-state index in [1.54, 1.807) is 0 Å². The Balaban J connectivity index is 2.58. The highest BCUT2D eigenvalue weighted by atomic mass is 16.3. The van der Waals surface area contributed by atoms with E-state index in [2.05, 4.69) is 37.8 Å². The van der Waals surface area contributed by atoms with Crippen LogP contribution in [0, 0.1) is 20.8 Å². The van der Waals surface area contributed by atoms with Crippen LogP contribution in [0.5, 0.6) is 0 Å². The number of benzene rings is 1. The first-order valence-electron chi connectivity index (χ1n) is 6.55. The lowest BCUT2D eigenvalue weighted by atomic mass is 9.97. The normalized spacial score (nSPS) is 13.1. The highest BCUT2D eigenvalue weighted by Gasteiger charge is 2.08. The van der Waals surface area contributed by atoms with Gasteiger partial charge in [-0.15, -0.1) is 0 Å². The van der Waals surface area contributed by atoms with E-state index in [9.17, 15) is 0 Å². The van der Waals surface area contributed by atoms with Gasteiger partial charge >= 0.3 is 0 Å². The van der Waals surface area contributed by atoms with Gasteiger partial charge in [0.1, 0.15) is 0 Å². The molecule has 0 spiro atoms. The van der Waals surface area contributed by atoms with E-state index >= 15 is 0 Å². The Morgan fingerprint density at radius 2 is 1.78 bits per heavy atom. The summed E-state index contributed by atoms with van der Waals surface area (Å²) in [6.45, 7) is 8.24. The van der Waals surface area contributed by atoms with E-state index in [0.29, 0.717) is 0 Å². The second-order valence-corrected chi connectivity index (χ2v) is 5.33. The Labute approximate surface area is 111 Å². The SMILES string of the molecule is Cc1cc(C)c(CCN(C)CC(N)CO)c(C)c1. The number of rotatable bonds is 6. The highest BCUT2D eigenvalue weighted by Crippen LogP contribution is 2.17. The fraction of sp³-hybridized carbons (Fsp3) is 0.600. The van der Waals surface area contributed by atoms with Crippen LogP contribution >= 0.6 is 0 Å². The summed E-state index contributed by atoms with van der Waals surface area (Å²) in [6, 6.07) is 4.33. The lowest BCUT2D eigenvalue weighted by Crippen LogP contribution is -2.38. The van der Waals surface area contributed by atoms with Crippen molar-refractivity contribution in [3.05, 3.63) is 34.4 Å². The zero-order chi connectivity index (χ0) is 13.7. The number of hydrogen-bond donors (Lipinski definition) is 2. The van der Waals surface area contributed by atoms with Crippen molar-refractivity contribution in [1.29, 1.82) is 0 Å². The predicted octanol–water partition coefficient (Wildman–Crippen LogP) is 1.41. The summed E-state index contributed by atoms with van der Waals surface area (Å²) in [5.74, 6) is 0. The number of likely N-dealkylation sites (N-methyl/N-ethyl adjacent to an activating group) is 1. The topological polar surface area (TPSA) is 49.5 Å². The first-order valence-corrected chi connectivity index (χ1v) is 6.55. The lowest BCUT2D eigenvalue weighted by Gasteiger charge is -2.21. The maximum Gasteiger partial charge on any atom is 0.0595 e. The average molecular weight is 250 g/mol. The van der Waals surface area contributed by atoms with Crippen molar-refractivity contribution in [2.24, 2.45) is 5.73 Å². The van der Waals surface area contributed by atoms with Gasteiger partial charge in [-0.25, -0.2) is 0 Å². The first kappa shape index (κ1) is 15.2. The molecule has 0 radical (unpaired) electrons. The summed E-state index contributed by atoms with van der Waals surface area (Å²) in [7, 11) is 2.05. The Bertz CT molecular complexity index is 367. The number of aliphatic hydroxyl groups is 1. The molecule has 0 aromatic heterocycles. The average Bonchev–Trinajstić information content (AvgIpc) is 2.27. The zero-order valence-electron chi connectivity index (χ0n) is 12.0. The van der Waals surface area contributed by atoms with Crippen molar-refractivity contribution in [2.45, 2.75) is 33.2 Å². The van der Waals surface area contributed by atoms with E-state index in [4.69, 9.17) is 10.8 Å². The summed E-state index contributed by atoms with van der Waals surface area (Å²) in [6.07, 6.45) is 1.03. The molecule has 102 valence electrons. The summed E-state index contributed by atoms with van der Waals surface area (Å²) < 4.78 is 0. The van der Waals surface area contributed by atoms with Crippen LogP contribution in [0.3, 0.4) is 0 Å². The fourth-order valence-electron chi connectivity index (χ4n) is 2.46. The molecule has 3 heteroatoms. The van der Waals surface area contributed by atoms with E-state index in [1.165, 1.54) is 22.3 Å². The summed E-state index contributed by atoms with van der Waals surface area (Å²) in [5, 5.41) is 8.94. The van der Waals surface area contributed by atoms with Crippen molar-refractivity contribution in [2.75, 3.05) is 26.7 Å². The zero-order valence-corrected chi connectivity index (χ0v) is 12.0. The third kappa shape index (κ3) is 4.41. The van der Waals surface area contributed by atoms with Gasteiger partial charge in [-0.2, -0.15) is 0 Å². The largest absolute Gasteiger partial charge is 0.395 e. The van der Waals surface area contributed by atoms with Crippen molar-refractivity contribution < 1.29 is 5.11 Å². The lowest BCUT2D eigenvalue weighted by molar-refractivity contribution is 0.222. The summed E-state index contributed by atoms with van der Waals surface area (Å²) in [4.78, 5) is 2.18. The van der Waals surface area contributed by atoms with Gasteiger partial charge in [-0.1, -0.05) is 17.7 Å². The second kappa shape index (κ2) is 6.88. The monoisotopic (exact) mass is 250 g/mol. The van der Waals surface area contributed by atoms with Crippen LogP contribution in [0.2, 0.25) is 0 Å². The highest BCUT2D eigenvalue weighted by molar-refractivity contribution is 5.37. The molecule has 0 saturated heterocycles. The van der Waals surface area contributed by atoms with Gasteiger partial charge in [0.05, 0.1) is 6.61 Å². The van der Waals surface area contributed by atoms with Crippen LogP contribution in [0.15, 0.2) is 12.1 Å². The van der Waals surface area contributed by atoms with Crippen molar-refractivity contribution in [1.82, 2.24) is 4.90 Å². The van der Waals surface area contributed by atoms with Gasteiger partial charge in [-0.05, 0) is 50.9 Å². The van der Waals surface area contributed by atoms with Gasteiger partial charge in [-0.3, -0.25) is 0 Å². The van der Waals surface area contributed by atoms with E-state index < -0.39 is 0 Å². The summed E-state index contributed by atoms with van der Waals surface area (Å²) >= 11 is 0. The Morgan fingerprint density at radius 3 is 2.28 bits per heavy atom. The number of aryl methyl sites for hydroxylation is 3. The third-order valence-electron chi connectivity index (χ3n) is 3.36. The molecule has 3 N–H and O–H groups in total. The van der Waals surface area contributed by atoms with Crippen molar-refractivity contribution in [3.8, 4) is 0 Å². The Kier molecular flexibility index (Phi) is 5.79. The number of nitrogens with two attached hydrogens (primary N) is 1. The second-order valence-electron chi connectivity index (χ2n) is 5.33. The van der Waals surface area contributed by atoms with Gasteiger partial charge in [0.25, 0.3) is 0 Å². The van der Waals surface area contributed by atoms with Gasteiger partial charge in [0.15, 0.2) is 0 Å². The number of aliphatic hydroxyl groups excluding tert-OH is 1. The van der Waals surface area contributed by atoms with Crippen LogP contribution in [-0.4, -0.2) is 42.8 Å². The maximum atomic E-state index is 8.94. The molecule has 1 aromatic carbocycles. The molecule has 1 atom stereocenters. The molecular formula is C15H26N2O. The Morgan fingerprint density at radius 1 is 1.22 bits per heavy atom. The molecule has 0 aliphatic heterocycles. The van der Waals surface area contributed by atoms with Crippen LogP contribution in [0.1, 0.15) is 22.3 Å². The van der Waals surface area contributed by atoms with Crippen molar-refractivity contribution in [3.63, 3.8) is 0 Å². The molecule has 0 aliphatic rings.